The van der Waals surface area contributed by atoms with Crippen molar-refractivity contribution in [2.45, 2.75) is 6.61 Å². The zero-order valence-electron chi connectivity index (χ0n) is 9.92. The van der Waals surface area contributed by atoms with Crippen molar-refractivity contribution in [2.24, 2.45) is 0 Å². The van der Waals surface area contributed by atoms with Gasteiger partial charge in [-0.25, -0.2) is 0 Å². The van der Waals surface area contributed by atoms with Crippen LogP contribution in [0, 0.1) is 10.1 Å². The lowest BCUT2D eigenvalue weighted by atomic mass is 10.2. The molecule has 1 aromatic rings. The summed E-state index contributed by atoms with van der Waals surface area (Å²) in [5.41, 5.74) is 1.91. The smallest absolute Gasteiger partial charge is 0.269 e. The largest absolute Gasteiger partial charge is 0.308 e. The van der Waals surface area contributed by atoms with Crippen LogP contribution in [0.5, 0.6) is 0 Å². The Morgan fingerprint density at radius 3 is 2.94 bits per heavy atom. The third-order valence-electron chi connectivity index (χ3n) is 2.67. The van der Waals surface area contributed by atoms with Crippen molar-refractivity contribution in [1.29, 1.82) is 0 Å². The van der Waals surface area contributed by atoms with Crippen LogP contribution in [0.15, 0.2) is 18.2 Å². The van der Waals surface area contributed by atoms with Gasteiger partial charge in [-0.05, 0) is 20.2 Å². The van der Waals surface area contributed by atoms with Gasteiger partial charge in [0.15, 0.2) is 0 Å². The summed E-state index contributed by atoms with van der Waals surface area (Å²) in [5, 5.41) is 12.4. The molecular formula is C11H15N3O3. The lowest BCUT2D eigenvalue weighted by Crippen LogP contribution is -2.29. The minimum atomic E-state index is -0.386. The number of hydrogen-bond acceptors (Lipinski definition) is 5. The van der Waals surface area contributed by atoms with Gasteiger partial charge >= 0.3 is 0 Å². The highest BCUT2D eigenvalue weighted by atomic mass is 16.7. The van der Waals surface area contributed by atoms with Crippen molar-refractivity contribution in [3.05, 3.63) is 33.9 Å². The molecule has 0 atom stereocenters. The predicted octanol–water partition coefficient (Wildman–Crippen LogP) is 1.41. The van der Waals surface area contributed by atoms with Crippen LogP contribution in [0.25, 0.3) is 0 Å². The Kier molecular flexibility index (Phi) is 3.26. The number of likely N-dealkylation sites (N-methyl/N-ethyl adjacent to an activating group) is 1. The van der Waals surface area contributed by atoms with Gasteiger partial charge in [0.2, 0.25) is 0 Å². The van der Waals surface area contributed by atoms with Gasteiger partial charge in [-0.2, -0.15) is 0 Å². The maximum absolute atomic E-state index is 10.6. The van der Waals surface area contributed by atoms with Gasteiger partial charge in [0.05, 0.1) is 17.2 Å². The van der Waals surface area contributed by atoms with Crippen molar-refractivity contribution in [2.75, 3.05) is 32.2 Å². The molecule has 0 fully saturated rings. The van der Waals surface area contributed by atoms with E-state index >= 15 is 0 Å². The average molecular weight is 237 g/mol. The maximum atomic E-state index is 10.6. The van der Waals surface area contributed by atoms with Gasteiger partial charge in [-0.1, -0.05) is 0 Å². The van der Waals surface area contributed by atoms with Gasteiger partial charge in [-0.3, -0.25) is 20.0 Å². The fraction of sp³-hybridized carbons (Fsp3) is 0.455. The number of nitrogens with zero attached hydrogens (tertiary/aromatic N) is 3. The topological polar surface area (TPSA) is 58.8 Å². The standard InChI is InChI=1S/C11H15N3O3/c1-12(2)5-6-13-11-4-3-10(14(15)16)7-9(11)8-17-13/h3-4,7H,5-6,8H2,1-2H3. The highest BCUT2D eigenvalue weighted by Gasteiger charge is 2.22. The van der Waals surface area contributed by atoms with Crippen LogP contribution in [-0.2, 0) is 11.4 Å². The number of nitro benzene ring substituents is 1. The van der Waals surface area contributed by atoms with E-state index in [0.29, 0.717) is 6.61 Å². The summed E-state index contributed by atoms with van der Waals surface area (Å²) in [7, 11) is 3.99. The summed E-state index contributed by atoms with van der Waals surface area (Å²) in [4.78, 5) is 17.8. The van der Waals surface area contributed by atoms with Crippen LogP contribution >= 0.6 is 0 Å². The Balaban J connectivity index is 2.13. The lowest BCUT2D eigenvalue weighted by molar-refractivity contribution is -0.384. The summed E-state index contributed by atoms with van der Waals surface area (Å²) in [6, 6.07) is 4.83. The monoisotopic (exact) mass is 237 g/mol. The average Bonchev–Trinajstić information content (AvgIpc) is 2.68. The zero-order chi connectivity index (χ0) is 12.4. The second kappa shape index (κ2) is 4.68. The molecule has 6 heteroatoms. The third kappa shape index (κ3) is 2.54. The van der Waals surface area contributed by atoms with Crippen molar-refractivity contribution in [1.82, 2.24) is 4.90 Å². The Morgan fingerprint density at radius 1 is 1.53 bits per heavy atom. The van der Waals surface area contributed by atoms with E-state index in [9.17, 15) is 10.1 Å². The number of hydrogen-bond donors (Lipinski definition) is 0. The molecule has 0 aliphatic carbocycles. The highest BCUT2D eigenvalue weighted by molar-refractivity contribution is 5.58. The summed E-state index contributed by atoms with van der Waals surface area (Å²) >= 11 is 0. The SMILES string of the molecule is CN(C)CCN1OCc2cc([N+](=O)[O-])ccc21. The van der Waals surface area contributed by atoms with Crippen molar-refractivity contribution >= 4 is 11.4 Å². The number of hydroxylamine groups is 1. The summed E-state index contributed by atoms with van der Waals surface area (Å²) in [6.07, 6.45) is 0. The predicted molar refractivity (Wildman–Crippen MR) is 63.8 cm³/mol. The van der Waals surface area contributed by atoms with Gasteiger partial charge in [0, 0.05) is 24.2 Å². The Labute approximate surface area is 99.5 Å². The fourth-order valence-electron chi connectivity index (χ4n) is 1.74. The molecule has 1 aliphatic rings. The zero-order valence-corrected chi connectivity index (χ0v) is 9.92. The van der Waals surface area contributed by atoms with E-state index in [1.807, 2.05) is 14.1 Å². The molecule has 0 radical (unpaired) electrons. The van der Waals surface area contributed by atoms with E-state index < -0.39 is 0 Å². The summed E-state index contributed by atoms with van der Waals surface area (Å²) < 4.78 is 0. The Bertz CT molecular complexity index is 434. The second-order valence-corrected chi connectivity index (χ2v) is 4.25. The molecule has 17 heavy (non-hydrogen) atoms. The molecule has 1 aliphatic heterocycles. The molecule has 1 aromatic carbocycles. The van der Waals surface area contributed by atoms with Gasteiger partial charge in [-0.15, -0.1) is 0 Å². The molecule has 92 valence electrons. The first-order chi connectivity index (χ1) is 8.08. The van der Waals surface area contributed by atoms with E-state index in [-0.39, 0.29) is 10.6 Å². The van der Waals surface area contributed by atoms with Crippen LogP contribution in [0.4, 0.5) is 11.4 Å². The highest BCUT2D eigenvalue weighted by Crippen LogP contribution is 2.31. The number of benzene rings is 1. The van der Waals surface area contributed by atoms with Crippen LogP contribution in [-0.4, -0.2) is 37.0 Å². The molecule has 1 heterocycles. The van der Waals surface area contributed by atoms with E-state index in [1.54, 1.807) is 17.2 Å². The minimum absolute atomic E-state index is 0.113. The number of anilines is 1. The molecule has 0 saturated carbocycles. The van der Waals surface area contributed by atoms with E-state index in [1.165, 1.54) is 6.07 Å². The molecule has 2 rings (SSSR count). The van der Waals surface area contributed by atoms with E-state index in [0.717, 1.165) is 24.3 Å². The first-order valence-electron chi connectivity index (χ1n) is 5.40. The first-order valence-corrected chi connectivity index (χ1v) is 5.40. The second-order valence-electron chi connectivity index (χ2n) is 4.25. The van der Waals surface area contributed by atoms with Gasteiger partial charge in [0.1, 0.15) is 6.61 Å². The van der Waals surface area contributed by atoms with E-state index in [2.05, 4.69) is 4.90 Å². The maximum Gasteiger partial charge on any atom is 0.269 e. The molecule has 0 aromatic heterocycles. The molecule has 0 saturated heterocycles. The number of non-ortho nitro benzene ring substituents is 1. The molecule has 0 spiro atoms. The molecule has 0 N–H and O–H groups in total. The van der Waals surface area contributed by atoms with Gasteiger partial charge < -0.3 is 4.90 Å². The quantitative estimate of drug-likeness (QED) is 0.585. The van der Waals surface area contributed by atoms with Gasteiger partial charge in [0.25, 0.3) is 5.69 Å². The number of rotatable bonds is 4. The normalized spacial score (nSPS) is 14.2. The summed E-state index contributed by atoms with van der Waals surface area (Å²) in [5.74, 6) is 0. The molecule has 0 unspecified atom stereocenters. The van der Waals surface area contributed by atoms with Crippen molar-refractivity contribution < 1.29 is 9.76 Å². The number of nitro groups is 1. The summed E-state index contributed by atoms with van der Waals surface area (Å²) in [6.45, 7) is 2.03. The molecule has 0 amide bonds. The first kappa shape index (κ1) is 11.8. The van der Waals surface area contributed by atoms with Crippen LogP contribution < -0.4 is 5.06 Å². The van der Waals surface area contributed by atoms with Crippen molar-refractivity contribution in [3.63, 3.8) is 0 Å². The Hall–Kier alpha value is -1.66. The van der Waals surface area contributed by atoms with E-state index in [4.69, 9.17) is 4.84 Å². The molecule has 6 nitrogen and oxygen atoms in total. The third-order valence-corrected chi connectivity index (χ3v) is 2.67. The molecule has 0 bridgehead atoms. The van der Waals surface area contributed by atoms with Crippen LogP contribution in [0.1, 0.15) is 5.56 Å². The number of fused-ring (bicyclic) bond motifs is 1. The van der Waals surface area contributed by atoms with Crippen LogP contribution in [0.2, 0.25) is 0 Å². The lowest BCUT2D eigenvalue weighted by Gasteiger charge is -2.19. The van der Waals surface area contributed by atoms with Crippen LogP contribution in [0.3, 0.4) is 0 Å². The molecular weight excluding hydrogens is 222 g/mol. The fourth-order valence-corrected chi connectivity index (χ4v) is 1.74. The minimum Gasteiger partial charge on any atom is -0.308 e. The van der Waals surface area contributed by atoms with Crippen molar-refractivity contribution in [3.8, 4) is 0 Å². The Morgan fingerprint density at radius 2 is 2.29 bits per heavy atom.